The van der Waals surface area contributed by atoms with E-state index >= 15 is 0 Å². The third-order valence-corrected chi connectivity index (χ3v) is 12.7. The van der Waals surface area contributed by atoms with Crippen LogP contribution in [0.25, 0.3) is 22.5 Å². The molecule has 3 aromatic carbocycles. The van der Waals surface area contributed by atoms with Gasteiger partial charge in [-0.05, 0) is 42.3 Å². The number of hydrogen-bond donors (Lipinski definition) is 10. The maximum atomic E-state index is 14.9. The lowest BCUT2D eigenvalue weighted by atomic mass is 9.88. The number of halogens is 2. The van der Waals surface area contributed by atoms with Crippen LogP contribution in [-0.4, -0.2) is 131 Å². The van der Waals surface area contributed by atoms with Gasteiger partial charge in [0.15, 0.2) is 28.9 Å². The average molecular weight is 1040 g/mol. The van der Waals surface area contributed by atoms with Gasteiger partial charge in [0.05, 0.1) is 17.2 Å². The van der Waals surface area contributed by atoms with Gasteiger partial charge in [-0.2, -0.15) is 8.42 Å². The summed E-state index contributed by atoms with van der Waals surface area (Å²) in [6.45, 7) is 3.37. The van der Waals surface area contributed by atoms with Crippen molar-refractivity contribution in [2.45, 2.75) is 77.2 Å². The number of rotatable bonds is 20. The second-order valence-corrected chi connectivity index (χ2v) is 19.5. The number of hydrogen-bond acceptors (Lipinski definition) is 17. The van der Waals surface area contributed by atoms with Gasteiger partial charge >= 0.3 is 5.97 Å². The molecule has 396 valence electrons. The normalized spacial score (nSPS) is 17.7. The highest BCUT2D eigenvalue weighted by atomic mass is 32.2. The van der Waals surface area contributed by atoms with Crippen molar-refractivity contribution in [3.05, 3.63) is 82.5 Å². The Morgan fingerprint density at radius 1 is 0.945 bits per heavy atom. The van der Waals surface area contributed by atoms with Crippen LogP contribution in [-0.2, 0) is 41.7 Å². The number of carbonyl (C=O) groups is 5. The molecule has 25 heteroatoms. The van der Waals surface area contributed by atoms with Crippen LogP contribution in [0.1, 0.15) is 72.4 Å². The van der Waals surface area contributed by atoms with Crippen LogP contribution in [0.15, 0.2) is 54.6 Å². The highest BCUT2D eigenvalue weighted by Crippen LogP contribution is 2.45. The van der Waals surface area contributed by atoms with Crippen LogP contribution in [0.5, 0.6) is 17.2 Å². The Morgan fingerprint density at radius 3 is 2.12 bits per heavy atom. The van der Waals surface area contributed by atoms with E-state index in [1.54, 1.807) is 0 Å². The summed E-state index contributed by atoms with van der Waals surface area (Å²) in [5.74, 6) is -13.4. The second kappa shape index (κ2) is 23.9. The molecule has 0 aliphatic carbocycles. The van der Waals surface area contributed by atoms with Crippen LogP contribution in [0.4, 0.5) is 14.6 Å². The Labute approximate surface area is 419 Å². The molecule has 22 nitrogen and oxygen atoms in total. The first-order valence-corrected chi connectivity index (χ1v) is 24.5. The number of alkyl halides is 2. The standard InChI is InChI=1S/C48H61F2N9O13S/c1-23(2)48(49,50)30-9-7-27(8-10-30)44-56-25(4)40(43(53)58-44)36(62)16-29(20-55-73(54,69)70)46(66)59(5)41-28-15-34(42(64)39(17-28)72-22-32(61)19-52)33-13-26(6-11-38(33)71-21-31(60)18-51)14-35(47(67)68)57-45(65)24(3)12-37(41)63/h6-11,13,15,17,23-24,29,31-32,35,41,55,60-61,64H,12,14,16,18-22,51-52H2,1-5H3,(H,57,65)(H,67,68)(H2,53,56,58)(H2,54,69,70)/t24-,29+,31-,32-,35+,41+/m1/s1. The van der Waals surface area contributed by atoms with Gasteiger partial charge in [-0.3, -0.25) is 19.2 Å². The number of phenols is 1. The number of fused-ring (bicyclic) bond motifs is 5. The number of aliphatic carboxylic acids is 1. The molecule has 0 unspecified atom stereocenters. The van der Waals surface area contributed by atoms with E-state index in [1.165, 1.54) is 82.3 Å². The van der Waals surface area contributed by atoms with Gasteiger partial charge in [0.25, 0.3) is 16.1 Å². The molecule has 2 heterocycles. The van der Waals surface area contributed by atoms with E-state index in [2.05, 4.69) is 15.3 Å². The molecule has 0 radical (unpaired) electrons. The number of aliphatic hydroxyl groups is 2. The molecule has 73 heavy (non-hydrogen) atoms. The largest absolute Gasteiger partial charge is 0.504 e. The number of nitrogen functional groups attached to an aromatic ring is 1. The number of phenolic OH excluding ortho intramolecular Hbond substituents is 1. The number of ketones is 2. The van der Waals surface area contributed by atoms with Crippen molar-refractivity contribution in [3.63, 3.8) is 0 Å². The number of anilines is 1. The first-order chi connectivity index (χ1) is 34.2. The van der Waals surface area contributed by atoms with Crippen LogP contribution in [0.3, 0.4) is 0 Å². The van der Waals surface area contributed by atoms with E-state index in [1.807, 2.05) is 4.72 Å². The minimum atomic E-state index is -4.54. The number of carboxylic acid groups (broad SMARTS) is 1. The number of carbonyl (C=O) groups excluding carboxylic acids is 4. The predicted molar refractivity (Wildman–Crippen MR) is 261 cm³/mol. The molecular formula is C48H61F2N9O13S. The van der Waals surface area contributed by atoms with Gasteiger partial charge in [-0.1, -0.05) is 51.1 Å². The number of ether oxygens (including phenoxy) is 2. The Balaban J connectivity index is 1.65. The van der Waals surface area contributed by atoms with Crippen LogP contribution >= 0.6 is 0 Å². The molecule has 1 aliphatic rings. The Kier molecular flexibility index (Phi) is 18.7. The quantitative estimate of drug-likeness (QED) is 0.0560. The first kappa shape index (κ1) is 57.2. The molecule has 2 amide bonds. The Hall–Kier alpha value is -6.74. The maximum Gasteiger partial charge on any atom is 0.326 e. The van der Waals surface area contributed by atoms with Gasteiger partial charge < -0.3 is 57.3 Å². The monoisotopic (exact) mass is 1040 g/mol. The summed E-state index contributed by atoms with van der Waals surface area (Å²) >= 11 is 0. The third kappa shape index (κ3) is 14.1. The summed E-state index contributed by atoms with van der Waals surface area (Å²) in [5, 5.41) is 50.5. The maximum absolute atomic E-state index is 14.9. The van der Waals surface area contributed by atoms with E-state index in [-0.39, 0.29) is 88.3 Å². The summed E-state index contributed by atoms with van der Waals surface area (Å²) in [4.78, 5) is 79.6. The Morgan fingerprint density at radius 2 is 1.56 bits per heavy atom. The van der Waals surface area contributed by atoms with Gasteiger partial charge in [-0.25, -0.2) is 33.4 Å². The van der Waals surface area contributed by atoms with Crippen LogP contribution in [0, 0.1) is 24.7 Å². The minimum Gasteiger partial charge on any atom is -0.504 e. The van der Waals surface area contributed by atoms with Crippen molar-refractivity contribution in [1.82, 2.24) is 24.9 Å². The summed E-state index contributed by atoms with van der Waals surface area (Å²) in [6, 6.07) is 8.67. The van der Waals surface area contributed by atoms with E-state index in [0.717, 1.165) is 11.9 Å². The van der Waals surface area contributed by atoms with Crippen molar-refractivity contribution >= 4 is 45.4 Å². The highest BCUT2D eigenvalue weighted by Gasteiger charge is 2.39. The number of likely N-dealkylation sites (N-methyl/N-ethyl adjacent to an activating group) is 1. The molecule has 0 fully saturated rings. The number of aliphatic hydroxyl groups excluding tert-OH is 2. The molecule has 0 spiro atoms. The van der Waals surface area contributed by atoms with Crippen molar-refractivity contribution in [2.24, 2.45) is 34.4 Å². The second-order valence-electron chi connectivity index (χ2n) is 18.1. The van der Waals surface area contributed by atoms with Crippen molar-refractivity contribution in [3.8, 4) is 39.8 Å². The molecule has 4 bridgehead atoms. The number of aromatic hydroxyl groups is 1. The topological polar surface area (TPSA) is 376 Å². The number of carboxylic acids is 1. The summed E-state index contributed by atoms with van der Waals surface area (Å²) < 4.78 is 67.8. The SMILES string of the molecule is Cc1nc(-c2ccc(C(F)(F)C(C)C)cc2)nc(N)c1C(=O)C[C@@H](CNS(N)(=O)=O)C(=O)N(C)[C@@H]1C(=O)C[C@@H](C)C(=O)N[C@H](C(=O)O)Cc2ccc(OC[C@H](O)CN)c(c2)-c2cc1cc(OC[C@H](O)CN)c2O. The summed E-state index contributed by atoms with van der Waals surface area (Å²) in [6.07, 6.45) is -4.17. The van der Waals surface area contributed by atoms with Crippen molar-refractivity contribution < 1.29 is 71.1 Å². The molecule has 6 atom stereocenters. The zero-order chi connectivity index (χ0) is 54.3. The zero-order valence-electron chi connectivity index (χ0n) is 40.7. The summed E-state index contributed by atoms with van der Waals surface area (Å²) in [5.41, 5.74) is 17.5. The average Bonchev–Trinajstić information content (AvgIpc) is 3.33. The lowest BCUT2D eigenvalue weighted by molar-refractivity contribution is -0.143. The minimum absolute atomic E-state index is 0.00370. The molecule has 14 N–H and O–H groups in total. The van der Waals surface area contributed by atoms with Crippen LogP contribution < -0.4 is 41.9 Å². The van der Waals surface area contributed by atoms with Crippen LogP contribution in [0.2, 0.25) is 0 Å². The first-order valence-electron chi connectivity index (χ1n) is 22.9. The van der Waals surface area contributed by atoms with E-state index in [0.29, 0.717) is 5.56 Å². The number of Topliss-reactive ketones (excluding diaryl/α,β-unsaturated/α-hetero) is 2. The zero-order valence-corrected chi connectivity index (χ0v) is 41.5. The molecule has 4 aromatic rings. The fourth-order valence-corrected chi connectivity index (χ4v) is 8.41. The smallest absolute Gasteiger partial charge is 0.326 e. The molecule has 1 aromatic heterocycles. The van der Waals surface area contributed by atoms with E-state index in [4.69, 9.17) is 31.8 Å². The number of aromatic nitrogens is 2. The Bertz CT molecular complexity index is 2800. The predicted octanol–water partition coefficient (Wildman–Crippen LogP) is 1.45. The molecule has 0 saturated heterocycles. The third-order valence-electron chi connectivity index (χ3n) is 12.2. The number of nitrogens with two attached hydrogens (primary N) is 4. The van der Waals surface area contributed by atoms with Gasteiger partial charge in [-0.15, -0.1) is 0 Å². The van der Waals surface area contributed by atoms with E-state index in [9.17, 15) is 61.6 Å². The van der Waals surface area contributed by atoms with Crippen molar-refractivity contribution in [1.29, 1.82) is 0 Å². The molecular weight excluding hydrogens is 981 g/mol. The molecule has 0 saturated carbocycles. The van der Waals surface area contributed by atoms with Gasteiger partial charge in [0.2, 0.25) is 11.8 Å². The number of nitrogens with one attached hydrogen (secondary N) is 2. The lowest BCUT2D eigenvalue weighted by Crippen LogP contribution is -2.46. The van der Waals surface area contributed by atoms with Gasteiger partial charge in [0, 0.05) is 80.0 Å². The number of aryl methyl sites for hydroxylation is 1. The number of nitrogens with zero attached hydrogens (tertiary/aromatic N) is 3. The van der Waals surface area contributed by atoms with Gasteiger partial charge in [0.1, 0.15) is 49.1 Å². The fourth-order valence-electron chi connectivity index (χ4n) is 7.98. The molecule has 1 aliphatic heterocycles. The summed E-state index contributed by atoms with van der Waals surface area (Å²) in [7, 11) is -3.39. The number of amides is 2. The fraction of sp³-hybridized carbons (Fsp3) is 0.438. The lowest BCUT2D eigenvalue weighted by Gasteiger charge is -2.32. The highest BCUT2D eigenvalue weighted by molar-refractivity contribution is 7.87. The molecule has 5 rings (SSSR count). The number of benzene rings is 3. The van der Waals surface area contributed by atoms with E-state index < -0.39 is 119 Å². The van der Waals surface area contributed by atoms with Crippen molar-refractivity contribution in [2.75, 3.05) is 45.6 Å².